The molecule has 0 bridgehead atoms. The first kappa shape index (κ1) is 23.2. The molecule has 33 heavy (non-hydrogen) atoms. The molecule has 12 heteroatoms. The fourth-order valence-corrected chi connectivity index (χ4v) is 4.44. The molecule has 0 fully saturated rings. The minimum Gasteiger partial charge on any atom is -0.464 e. The van der Waals surface area contributed by atoms with Gasteiger partial charge in [0, 0.05) is 36.0 Å². The smallest absolute Gasteiger partial charge is 0.358 e. The third-order valence-electron chi connectivity index (χ3n) is 5.55. The molecule has 3 aromatic rings. The van der Waals surface area contributed by atoms with Crippen LogP contribution in [0.3, 0.4) is 0 Å². The van der Waals surface area contributed by atoms with E-state index in [0.29, 0.717) is 34.1 Å². The molecule has 4 rings (SSSR count). The van der Waals surface area contributed by atoms with E-state index >= 15 is 0 Å². The summed E-state index contributed by atoms with van der Waals surface area (Å²) < 4.78 is 7.49. The second kappa shape index (κ2) is 8.77. The van der Waals surface area contributed by atoms with E-state index in [9.17, 15) is 14.4 Å². The van der Waals surface area contributed by atoms with Gasteiger partial charge in [-0.25, -0.2) is 9.36 Å². The Bertz CT molecular complexity index is 1410. The number of fused-ring (bicyclic) bond motifs is 1. The van der Waals surface area contributed by atoms with Crippen LogP contribution in [0.15, 0.2) is 29.1 Å². The van der Waals surface area contributed by atoms with E-state index in [4.69, 9.17) is 40.2 Å². The molecule has 3 heterocycles. The Hall–Kier alpha value is -2.95. The van der Waals surface area contributed by atoms with Gasteiger partial charge in [-0.3, -0.25) is 14.3 Å². The summed E-state index contributed by atoms with van der Waals surface area (Å²) in [5.41, 5.74) is 1.19. The van der Waals surface area contributed by atoms with E-state index in [2.05, 4.69) is 10.1 Å². The molecule has 1 N–H and O–H groups in total. The number of nitrogens with one attached hydrogen (secondary N) is 1. The lowest BCUT2D eigenvalue weighted by atomic mass is 9.98. The lowest BCUT2D eigenvalue weighted by Gasteiger charge is -2.34. The second-order valence-electron chi connectivity index (χ2n) is 7.65. The number of carbonyl (C=O) groups excluding carboxylic acids is 2. The first-order valence-electron chi connectivity index (χ1n) is 9.88. The molecule has 0 radical (unpaired) electrons. The number of halogens is 2. The second-order valence-corrected chi connectivity index (χ2v) is 8.85. The zero-order valence-electron chi connectivity index (χ0n) is 17.9. The lowest BCUT2D eigenvalue weighted by Crippen LogP contribution is -2.46. The Balaban J connectivity index is 1.73. The zero-order chi connectivity index (χ0) is 24.0. The molecule has 0 aliphatic carbocycles. The van der Waals surface area contributed by atoms with Crippen molar-refractivity contribution in [1.29, 1.82) is 0 Å². The molecule has 1 aliphatic rings. The number of rotatable bonds is 3. The van der Waals surface area contributed by atoms with Gasteiger partial charge in [0.15, 0.2) is 10.5 Å². The molecule has 1 aliphatic heterocycles. The Morgan fingerprint density at radius 3 is 2.64 bits per heavy atom. The van der Waals surface area contributed by atoms with Crippen LogP contribution in [-0.4, -0.2) is 49.3 Å². The molecule has 2 aromatic heterocycles. The number of aryl methyl sites for hydroxylation is 1. The number of aromatic nitrogens is 4. The normalized spacial score (nSPS) is 15.3. The summed E-state index contributed by atoms with van der Waals surface area (Å²) in [7, 11) is 2.85. The zero-order valence-corrected chi connectivity index (χ0v) is 20.2. The lowest BCUT2D eigenvalue weighted by molar-refractivity contribution is 0.0592. The van der Waals surface area contributed by atoms with Crippen molar-refractivity contribution >= 4 is 47.3 Å². The fraction of sp³-hybridized carbons (Fsp3) is 0.286. The average Bonchev–Trinajstić information content (AvgIpc) is 3.16. The summed E-state index contributed by atoms with van der Waals surface area (Å²) in [5.74, 6) is -0.529. The van der Waals surface area contributed by atoms with Gasteiger partial charge >= 0.3 is 5.97 Å². The van der Waals surface area contributed by atoms with Crippen molar-refractivity contribution in [1.82, 2.24) is 24.2 Å². The van der Waals surface area contributed by atoms with Gasteiger partial charge in [-0.15, -0.1) is 0 Å². The number of aromatic amines is 1. The van der Waals surface area contributed by atoms with Crippen LogP contribution >= 0.6 is 35.4 Å². The molecule has 0 saturated carbocycles. The minimum atomic E-state index is -0.622. The standard InChI is InChI=1S/C21H19Cl2N5O4S/c1-10-6-12-16(9-27(10)18(29)11-4-5-13(22)14(23)7-11)24-21(33)28(19(12)30)17-8-15(20(31)32-3)25-26(17)2/h4-5,7-8,10H,6,9H2,1-3H3,(H,24,33)/t10-/m1/s1. The molecule has 0 saturated heterocycles. The Kier molecular flexibility index (Phi) is 6.17. The fourth-order valence-electron chi connectivity index (χ4n) is 3.84. The minimum absolute atomic E-state index is 0.0563. The highest BCUT2D eigenvalue weighted by Crippen LogP contribution is 2.26. The molecular formula is C21H19Cl2N5O4S. The first-order valence-corrected chi connectivity index (χ1v) is 11.0. The Morgan fingerprint density at radius 2 is 1.97 bits per heavy atom. The Labute approximate surface area is 203 Å². The number of amides is 1. The van der Waals surface area contributed by atoms with Gasteiger partial charge in [0.1, 0.15) is 5.82 Å². The van der Waals surface area contributed by atoms with Crippen LogP contribution in [0.1, 0.15) is 39.0 Å². The molecule has 1 amide bonds. The monoisotopic (exact) mass is 507 g/mol. The van der Waals surface area contributed by atoms with Crippen LogP contribution in [0, 0.1) is 4.77 Å². The highest BCUT2D eigenvalue weighted by Gasteiger charge is 2.31. The van der Waals surface area contributed by atoms with Crippen molar-refractivity contribution in [3.05, 3.63) is 72.0 Å². The van der Waals surface area contributed by atoms with Crippen molar-refractivity contribution in [2.45, 2.75) is 25.9 Å². The number of H-pyrrole nitrogens is 1. The third kappa shape index (κ3) is 4.09. The molecule has 1 atom stereocenters. The maximum Gasteiger partial charge on any atom is 0.358 e. The number of methoxy groups -OCH3 is 1. The molecule has 1 aromatic carbocycles. The van der Waals surface area contributed by atoms with Gasteiger partial charge in [0.2, 0.25) is 0 Å². The summed E-state index contributed by atoms with van der Waals surface area (Å²) in [6.07, 6.45) is 0.315. The molecule has 0 spiro atoms. The van der Waals surface area contributed by atoms with Crippen molar-refractivity contribution in [2.75, 3.05) is 7.11 Å². The van der Waals surface area contributed by atoms with E-state index in [1.165, 1.54) is 28.5 Å². The van der Waals surface area contributed by atoms with E-state index in [1.54, 1.807) is 24.1 Å². The van der Waals surface area contributed by atoms with Crippen LogP contribution in [-0.2, 0) is 24.8 Å². The quantitative estimate of drug-likeness (QED) is 0.430. The van der Waals surface area contributed by atoms with Gasteiger partial charge in [-0.1, -0.05) is 23.2 Å². The number of nitrogens with zero attached hydrogens (tertiary/aromatic N) is 4. The van der Waals surface area contributed by atoms with Crippen molar-refractivity contribution in [3.8, 4) is 5.82 Å². The topological polar surface area (TPSA) is 102 Å². The summed E-state index contributed by atoms with van der Waals surface area (Å²) in [4.78, 5) is 43.1. The molecule has 9 nitrogen and oxygen atoms in total. The number of hydrogen-bond acceptors (Lipinski definition) is 6. The molecular weight excluding hydrogens is 489 g/mol. The van der Waals surface area contributed by atoms with Crippen LogP contribution in [0.25, 0.3) is 5.82 Å². The summed E-state index contributed by atoms with van der Waals surface area (Å²) in [6.45, 7) is 2.04. The molecule has 0 unspecified atom stereocenters. The molecule has 172 valence electrons. The van der Waals surface area contributed by atoms with Crippen LogP contribution < -0.4 is 5.56 Å². The maximum absolute atomic E-state index is 13.4. The highest BCUT2D eigenvalue weighted by atomic mass is 35.5. The maximum atomic E-state index is 13.4. The third-order valence-corrected chi connectivity index (χ3v) is 6.58. The average molecular weight is 508 g/mol. The van der Waals surface area contributed by atoms with Gasteiger partial charge in [0.25, 0.3) is 11.5 Å². The summed E-state index contributed by atoms with van der Waals surface area (Å²) >= 11 is 17.5. The van der Waals surface area contributed by atoms with Crippen LogP contribution in [0.2, 0.25) is 10.0 Å². The highest BCUT2D eigenvalue weighted by molar-refractivity contribution is 7.71. The van der Waals surface area contributed by atoms with Crippen molar-refractivity contribution in [3.63, 3.8) is 0 Å². The largest absolute Gasteiger partial charge is 0.464 e. The predicted molar refractivity (Wildman–Crippen MR) is 125 cm³/mol. The Morgan fingerprint density at radius 1 is 1.24 bits per heavy atom. The van der Waals surface area contributed by atoms with Crippen molar-refractivity contribution < 1.29 is 14.3 Å². The van der Waals surface area contributed by atoms with E-state index < -0.39 is 5.97 Å². The number of carbonyl (C=O) groups is 2. The summed E-state index contributed by atoms with van der Waals surface area (Å²) in [5, 5.41) is 4.75. The van der Waals surface area contributed by atoms with E-state index in [1.807, 2.05) is 6.92 Å². The SMILES string of the molecule is COC(=O)c1cc(-n2c(=S)[nH]c3c(c2=O)C[C@@H](C)N(C(=O)c2ccc(Cl)c(Cl)c2)C3)n(C)n1. The van der Waals surface area contributed by atoms with E-state index in [0.717, 1.165) is 0 Å². The number of ether oxygens (including phenoxy) is 1. The summed E-state index contributed by atoms with van der Waals surface area (Å²) in [6, 6.07) is 5.89. The first-order chi connectivity index (χ1) is 15.6. The van der Waals surface area contributed by atoms with Gasteiger partial charge in [-0.2, -0.15) is 5.10 Å². The number of hydrogen-bond donors (Lipinski definition) is 1. The van der Waals surface area contributed by atoms with Crippen LogP contribution in [0.4, 0.5) is 0 Å². The van der Waals surface area contributed by atoms with Gasteiger partial charge in [-0.05, 0) is 43.8 Å². The van der Waals surface area contributed by atoms with Crippen LogP contribution in [0.5, 0.6) is 0 Å². The van der Waals surface area contributed by atoms with Gasteiger partial charge < -0.3 is 14.6 Å². The number of esters is 1. The predicted octanol–water partition coefficient (Wildman–Crippen LogP) is 3.31. The number of benzene rings is 1. The van der Waals surface area contributed by atoms with Crippen molar-refractivity contribution in [2.24, 2.45) is 7.05 Å². The van der Waals surface area contributed by atoms with E-state index in [-0.39, 0.29) is 39.5 Å². The van der Waals surface area contributed by atoms with Gasteiger partial charge in [0.05, 0.1) is 23.7 Å².